The maximum absolute atomic E-state index is 13.2. The molecule has 1 aliphatic heterocycles. The van der Waals surface area contributed by atoms with E-state index in [1.807, 2.05) is 6.07 Å². The molecule has 0 amide bonds. The molecule has 1 aromatic rings. The number of hydrogen-bond acceptors (Lipinski definition) is 8. The van der Waals surface area contributed by atoms with Gasteiger partial charge in [0.05, 0.1) is 21.8 Å². The van der Waals surface area contributed by atoms with Crippen molar-refractivity contribution in [3.63, 3.8) is 0 Å². The molecule has 0 fully saturated rings. The van der Waals surface area contributed by atoms with Gasteiger partial charge in [-0.2, -0.15) is 5.26 Å². The molecule has 9 heteroatoms. The summed E-state index contributed by atoms with van der Waals surface area (Å²) in [4.78, 5) is 37.4. The zero-order valence-corrected chi connectivity index (χ0v) is 17.5. The number of hydrogen-bond donors (Lipinski definition) is 0. The Balaban J connectivity index is 1.98. The van der Waals surface area contributed by atoms with Crippen molar-refractivity contribution in [2.24, 2.45) is 0 Å². The van der Waals surface area contributed by atoms with E-state index in [1.165, 1.54) is 30.8 Å². The fraction of sp³-hybridized carbons (Fsp3) is 0.400. The van der Waals surface area contributed by atoms with Gasteiger partial charge >= 0.3 is 5.97 Å². The van der Waals surface area contributed by atoms with E-state index >= 15 is 0 Å². The Bertz CT molecular complexity index is 1080. The molecule has 0 N–H and O–H groups in total. The molecule has 1 heterocycles. The number of carbonyl (C=O) groups is 3. The van der Waals surface area contributed by atoms with Crippen LogP contribution in [0.4, 0.5) is 0 Å². The number of thioether (sulfide) groups is 1. The molecule has 0 bridgehead atoms. The van der Waals surface area contributed by atoms with E-state index in [0.29, 0.717) is 29.1 Å². The third-order valence-electron chi connectivity index (χ3n) is 4.84. The van der Waals surface area contributed by atoms with Crippen LogP contribution >= 0.6 is 11.8 Å². The van der Waals surface area contributed by atoms with Crippen LogP contribution in [0.3, 0.4) is 0 Å². The van der Waals surface area contributed by atoms with Crippen molar-refractivity contribution in [3.05, 3.63) is 39.3 Å². The number of Topliss-reactive ketones (excluding diaryl/α,β-unsaturated/α-hetero) is 2. The highest BCUT2D eigenvalue weighted by Crippen LogP contribution is 2.36. The second-order valence-corrected chi connectivity index (χ2v) is 10.0. The lowest BCUT2D eigenvalue weighted by molar-refractivity contribution is -0.140. The van der Waals surface area contributed by atoms with Crippen molar-refractivity contribution in [3.8, 4) is 6.07 Å². The van der Waals surface area contributed by atoms with E-state index in [-0.39, 0.29) is 52.6 Å². The van der Waals surface area contributed by atoms with Crippen LogP contribution in [-0.2, 0) is 30.6 Å². The summed E-state index contributed by atoms with van der Waals surface area (Å²) in [7, 11) is -3.44. The number of benzene rings is 1. The summed E-state index contributed by atoms with van der Waals surface area (Å²) < 4.78 is 29.1. The fourth-order valence-corrected chi connectivity index (χ4v) is 6.13. The van der Waals surface area contributed by atoms with E-state index in [0.717, 1.165) is 0 Å². The SMILES string of the molecule is CC(=O)OCCSC1=C(C(=O)c2ccc3c(c2C#N)CCS3(=O)=O)C(=O)CCC1. The average Bonchev–Trinajstić information content (AvgIpc) is 2.99. The number of allylic oxidation sites excluding steroid dienone is 2. The summed E-state index contributed by atoms with van der Waals surface area (Å²) in [5.41, 5.74) is 0.503. The number of sulfone groups is 1. The maximum atomic E-state index is 13.2. The first kappa shape index (κ1) is 21.3. The van der Waals surface area contributed by atoms with Gasteiger partial charge < -0.3 is 4.74 Å². The van der Waals surface area contributed by atoms with Gasteiger partial charge in [0.15, 0.2) is 21.4 Å². The molecule has 2 aliphatic rings. The average molecular weight is 434 g/mol. The van der Waals surface area contributed by atoms with Gasteiger partial charge in [-0.15, -0.1) is 11.8 Å². The van der Waals surface area contributed by atoms with Gasteiger partial charge in [-0.3, -0.25) is 14.4 Å². The number of nitrogens with zero attached hydrogens (tertiary/aromatic N) is 1. The van der Waals surface area contributed by atoms with Gasteiger partial charge in [-0.05, 0) is 41.9 Å². The molecule has 7 nitrogen and oxygen atoms in total. The number of ether oxygens (including phenoxy) is 1. The Morgan fingerprint density at radius 1 is 1.24 bits per heavy atom. The molecule has 152 valence electrons. The number of carbonyl (C=O) groups excluding carboxylic acids is 3. The molecule has 1 aromatic carbocycles. The highest BCUT2D eigenvalue weighted by Gasteiger charge is 2.34. The standard InChI is InChI=1S/C20H19NO6S2/c1-12(22)27-8-9-28-17-4-2-3-16(23)19(17)20(24)14-5-6-18-13(15(14)11-21)7-10-29(18,25)26/h5-6H,2-4,7-10H2,1H3. The summed E-state index contributed by atoms with van der Waals surface area (Å²) in [6.07, 6.45) is 1.60. The number of ketones is 2. The Hall–Kier alpha value is -2.44. The Morgan fingerprint density at radius 2 is 2.00 bits per heavy atom. The molecule has 29 heavy (non-hydrogen) atoms. The van der Waals surface area contributed by atoms with Crippen LogP contribution in [-0.4, -0.2) is 44.1 Å². The molecule has 0 atom stereocenters. The minimum atomic E-state index is -3.44. The number of esters is 1. The normalized spacial score (nSPS) is 17.6. The van der Waals surface area contributed by atoms with Gasteiger partial charge in [0.25, 0.3) is 0 Å². The third-order valence-corrected chi connectivity index (χ3v) is 7.76. The summed E-state index contributed by atoms with van der Waals surface area (Å²) in [6, 6.07) is 4.65. The van der Waals surface area contributed by atoms with E-state index in [9.17, 15) is 28.1 Å². The lowest BCUT2D eigenvalue weighted by Gasteiger charge is -2.19. The van der Waals surface area contributed by atoms with Crippen molar-refractivity contribution in [1.29, 1.82) is 5.26 Å². The molecule has 0 saturated carbocycles. The fourth-order valence-electron chi connectivity index (χ4n) is 3.53. The minimum Gasteiger partial charge on any atom is -0.465 e. The van der Waals surface area contributed by atoms with Crippen molar-refractivity contribution in [2.45, 2.75) is 37.5 Å². The molecular formula is C20H19NO6S2. The van der Waals surface area contributed by atoms with Crippen LogP contribution in [0.5, 0.6) is 0 Å². The monoisotopic (exact) mass is 433 g/mol. The summed E-state index contributed by atoms with van der Waals surface area (Å²) in [6.45, 7) is 1.47. The van der Waals surface area contributed by atoms with E-state index < -0.39 is 21.6 Å². The topological polar surface area (TPSA) is 118 Å². The Morgan fingerprint density at radius 3 is 2.69 bits per heavy atom. The molecule has 0 radical (unpaired) electrons. The maximum Gasteiger partial charge on any atom is 0.302 e. The largest absolute Gasteiger partial charge is 0.465 e. The summed E-state index contributed by atoms with van der Waals surface area (Å²) in [5, 5.41) is 9.61. The molecule has 0 spiro atoms. The molecular weight excluding hydrogens is 414 g/mol. The molecule has 3 rings (SSSR count). The van der Waals surface area contributed by atoms with Crippen LogP contribution in [0.2, 0.25) is 0 Å². The first-order valence-electron chi connectivity index (χ1n) is 9.12. The smallest absolute Gasteiger partial charge is 0.302 e. The Labute approximate surface area is 173 Å². The summed E-state index contributed by atoms with van der Waals surface area (Å²) >= 11 is 1.29. The van der Waals surface area contributed by atoms with E-state index in [1.54, 1.807) is 0 Å². The molecule has 0 aromatic heterocycles. The second kappa shape index (κ2) is 8.51. The Kier molecular flexibility index (Phi) is 6.24. The highest BCUT2D eigenvalue weighted by molar-refractivity contribution is 8.03. The lowest BCUT2D eigenvalue weighted by atomic mass is 9.88. The van der Waals surface area contributed by atoms with Gasteiger partial charge in [0.1, 0.15) is 12.7 Å². The zero-order valence-electron chi connectivity index (χ0n) is 15.8. The predicted molar refractivity (Wildman–Crippen MR) is 106 cm³/mol. The van der Waals surface area contributed by atoms with Crippen molar-refractivity contribution >= 4 is 39.1 Å². The van der Waals surface area contributed by atoms with E-state index in [4.69, 9.17) is 4.74 Å². The lowest BCUT2D eigenvalue weighted by Crippen LogP contribution is -2.20. The van der Waals surface area contributed by atoms with Crippen molar-refractivity contribution in [1.82, 2.24) is 0 Å². The van der Waals surface area contributed by atoms with Crippen molar-refractivity contribution in [2.75, 3.05) is 18.1 Å². The minimum absolute atomic E-state index is 0.0312. The van der Waals surface area contributed by atoms with Crippen LogP contribution < -0.4 is 0 Å². The molecule has 0 saturated heterocycles. The molecule has 1 aliphatic carbocycles. The predicted octanol–water partition coefficient (Wildman–Crippen LogP) is 2.37. The van der Waals surface area contributed by atoms with Gasteiger partial charge in [0, 0.05) is 24.7 Å². The number of fused-ring (bicyclic) bond motifs is 1. The van der Waals surface area contributed by atoms with Gasteiger partial charge in [-0.25, -0.2) is 8.42 Å². The number of rotatable bonds is 6. The number of nitriles is 1. The van der Waals surface area contributed by atoms with Gasteiger partial charge in [-0.1, -0.05) is 0 Å². The van der Waals surface area contributed by atoms with Crippen LogP contribution in [0.25, 0.3) is 0 Å². The van der Waals surface area contributed by atoms with Crippen LogP contribution in [0.1, 0.15) is 47.7 Å². The van der Waals surface area contributed by atoms with E-state index in [2.05, 4.69) is 0 Å². The first-order valence-corrected chi connectivity index (χ1v) is 11.8. The van der Waals surface area contributed by atoms with Crippen LogP contribution in [0, 0.1) is 11.3 Å². The first-order chi connectivity index (χ1) is 13.8. The third kappa shape index (κ3) is 4.28. The van der Waals surface area contributed by atoms with Crippen molar-refractivity contribution < 1.29 is 27.5 Å². The quantitative estimate of drug-likeness (QED) is 0.290. The summed E-state index contributed by atoms with van der Waals surface area (Å²) in [5.74, 6) is -0.913. The molecule has 0 unspecified atom stereocenters. The van der Waals surface area contributed by atoms with Gasteiger partial charge in [0.2, 0.25) is 0 Å². The highest BCUT2D eigenvalue weighted by atomic mass is 32.2. The second-order valence-electron chi connectivity index (χ2n) is 6.74. The van der Waals surface area contributed by atoms with Crippen LogP contribution in [0.15, 0.2) is 27.5 Å². The zero-order chi connectivity index (χ0) is 21.2.